The molecule has 4 aromatic rings. The molecule has 26 heavy (non-hydrogen) atoms. The molecule has 3 aromatic carbocycles. The minimum Gasteiger partial charge on any atom is -0.223 e. The van der Waals surface area contributed by atoms with Gasteiger partial charge in [-0.25, -0.2) is 8.42 Å². The highest BCUT2D eigenvalue weighted by Crippen LogP contribution is 2.31. The van der Waals surface area contributed by atoms with Crippen molar-refractivity contribution in [2.75, 3.05) is 0 Å². The monoisotopic (exact) mass is 444 g/mol. The molecule has 0 bridgehead atoms. The minimum absolute atomic E-state index is 0.0474. The number of hydrogen-bond donors (Lipinski definition) is 0. The number of nitrogens with zero attached hydrogens (tertiary/aromatic N) is 2. The number of aromatic nitrogens is 2. The molecule has 0 atom stereocenters. The first-order chi connectivity index (χ1) is 12.5. The lowest BCUT2D eigenvalue weighted by atomic mass is 10.1. The predicted octanol–water partition coefficient (Wildman–Crippen LogP) is 5.09. The Bertz CT molecular complexity index is 1170. The van der Waals surface area contributed by atoms with Gasteiger partial charge in [-0.05, 0) is 34.6 Å². The van der Waals surface area contributed by atoms with Gasteiger partial charge >= 0.3 is 0 Å². The minimum atomic E-state index is -3.47. The Hall–Kier alpha value is -2.09. The third-order valence-electron chi connectivity index (χ3n) is 4.13. The topological polar surface area (TPSA) is 59.9 Å². The van der Waals surface area contributed by atoms with Gasteiger partial charge in [-0.2, -0.15) is 0 Å². The van der Waals surface area contributed by atoms with Gasteiger partial charge in [0.25, 0.3) is 0 Å². The molecule has 0 amide bonds. The summed E-state index contributed by atoms with van der Waals surface area (Å²) in [6.45, 7) is 0. The van der Waals surface area contributed by atoms with Crippen molar-refractivity contribution in [1.29, 1.82) is 0 Å². The molecular weight excluding hydrogens is 432 g/mol. The zero-order chi connectivity index (χ0) is 18.1. The molecule has 130 valence electrons. The summed E-state index contributed by atoms with van der Waals surface area (Å²) in [4.78, 5) is 0.351. The summed E-state index contributed by atoms with van der Waals surface area (Å²) in [7, 11) is -3.47. The number of hydrogen-bond acceptors (Lipinski definition) is 5. The van der Waals surface area contributed by atoms with Crippen LogP contribution in [0.25, 0.3) is 22.0 Å². The van der Waals surface area contributed by atoms with E-state index in [1.54, 1.807) is 12.1 Å². The molecule has 0 saturated heterocycles. The molecule has 0 aliphatic heterocycles. The highest BCUT2D eigenvalue weighted by atomic mass is 79.9. The highest BCUT2D eigenvalue weighted by molar-refractivity contribution is 9.10. The zero-order valence-corrected chi connectivity index (χ0v) is 16.7. The average molecular weight is 445 g/mol. The second-order valence-corrected chi connectivity index (χ2v) is 9.26. The molecule has 0 N–H and O–H groups in total. The molecule has 0 fully saturated rings. The van der Waals surface area contributed by atoms with Gasteiger partial charge in [0, 0.05) is 20.8 Å². The number of sulfone groups is 1. The number of rotatable bonds is 4. The smallest absolute Gasteiger partial charge is 0.183 e. The first-order valence-electron chi connectivity index (χ1n) is 7.81. The van der Waals surface area contributed by atoms with Crippen molar-refractivity contribution in [2.24, 2.45) is 0 Å². The SMILES string of the molecule is O=S(=O)(Cc1ccc(-c2csnn2)cc1)c1ccc(Br)c2ccccc12. The molecule has 0 spiro atoms. The van der Waals surface area contributed by atoms with Crippen LogP contribution in [0.1, 0.15) is 5.56 Å². The number of halogens is 1. The maximum atomic E-state index is 13.0. The molecule has 0 saturated carbocycles. The van der Waals surface area contributed by atoms with Crippen molar-refractivity contribution in [1.82, 2.24) is 9.59 Å². The van der Waals surface area contributed by atoms with E-state index in [0.29, 0.717) is 4.90 Å². The summed E-state index contributed by atoms with van der Waals surface area (Å²) in [5.41, 5.74) is 2.46. The van der Waals surface area contributed by atoms with Gasteiger partial charge in [0.05, 0.1) is 10.6 Å². The fraction of sp³-hybridized carbons (Fsp3) is 0.0526. The van der Waals surface area contributed by atoms with Crippen molar-refractivity contribution in [3.8, 4) is 11.3 Å². The fourth-order valence-electron chi connectivity index (χ4n) is 2.87. The Morgan fingerprint density at radius 3 is 2.35 bits per heavy atom. The Labute approximate surface area is 163 Å². The van der Waals surface area contributed by atoms with Crippen LogP contribution in [-0.4, -0.2) is 18.0 Å². The van der Waals surface area contributed by atoms with E-state index in [2.05, 4.69) is 25.5 Å². The first kappa shape index (κ1) is 17.3. The van der Waals surface area contributed by atoms with Crippen LogP contribution < -0.4 is 0 Å². The predicted molar refractivity (Wildman–Crippen MR) is 108 cm³/mol. The number of benzene rings is 3. The van der Waals surface area contributed by atoms with E-state index in [0.717, 1.165) is 32.1 Å². The summed E-state index contributed by atoms with van der Waals surface area (Å²) >= 11 is 4.77. The lowest BCUT2D eigenvalue weighted by molar-refractivity contribution is 0.596. The van der Waals surface area contributed by atoms with Crippen molar-refractivity contribution >= 4 is 48.1 Å². The Kier molecular flexibility index (Phi) is 4.60. The quantitative estimate of drug-likeness (QED) is 0.439. The summed E-state index contributed by atoms with van der Waals surface area (Å²) in [6, 6.07) is 18.4. The average Bonchev–Trinajstić information content (AvgIpc) is 3.17. The molecule has 1 aromatic heterocycles. The number of fused-ring (bicyclic) bond motifs is 1. The van der Waals surface area contributed by atoms with Gasteiger partial charge in [0.2, 0.25) is 0 Å². The summed E-state index contributed by atoms with van der Waals surface area (Å²) in [6.07, 6.45) is 0. The second-order valence-electron chi connectivity index (χ2n) is 5.84. The van der Waals surface area contributed by atoms with E-state index in [1.807, 2.05) is 53.9 Å². The van der Waals surface area contributed by atoms with E-state index in [1.165, 1.54) is 11.5 Å². The van der Waals surface area contributed by atoms with Crippen molar-refractivity contribution in [3.63, 3.8) is 0 Å². The fourth-order valence-corrected chi connectivity index (χ4v) is 5.38. The van der Waals surface area contributed by atoms with Crippen molar-refractivity contribution < 1.29 is 8.42 Å². The molecule has 7 heteroatoms. The Morgan fingerprint density at radius 1 is 0.923 bits per heavy atom. The third kappa shape index (κ3) is 3.30. The standard InChI is InChI=1S/C19H13BrN2O2S2/c20-17-9-10-19(16-4-2-1-3-15(16)17)26(23,24)12-13-5-7-14(8-6-13)18-11-25-22-21-18/h1-11H,12H2. The van der Waals surface area contributed by atoms with Crippen LogP contribution in [0.4, 0.5) is 0 Å². The van der Waals surface area contributed by atoms with Crippen molar-refractivity contribution in [2.45, 2.75) is 10.6 Å². The molecule has 4 rings (SSSR count). The van der Waals surface area contributed by atoms with E-state index in [-0.39, 0.29) is 5.75 Å². The van der Waals surface area contributed by atoms with Crippen LogP contribution in [-0.2, 0) is 15.6 Å². The van der Waals surface area contributed by atoms with Crippen LogP contribution in [0.3, 0.4) is 0 Å². The molecule has 0 radical (unpaired) electrons. The van der Waals surface area contributed by atoms with E-state index >= 15 is 0 Å². The van der Waals surface area contributed by atoms with Gasteiger partial charge in [-0.15, -0.1) is 5.10 Å². The second kappa shape index (κ2) is 6.90. The van der Waals surface area contributed by atoms with E-state index in [4.69, 9.17) is 0 Å². The Morgan fingerprint density at radius 2 is 1.65 bits per heavy atom. The summed E-state index contributed by atoms with van der Waals surface area (Å²) in [5, 5.41) is 7.50. The maximum absolute atomic E-state index is 13.0. The maximum Gasteiger partial charge on any atom is 0.183 e. The molecule has 0 aliphatic rings. The molecule has 4 nitrogen and oxygen atoms in total. The van der Waals surface area contributed by atoms with Gasteiger partial charge in [0.1, 0.15) is 5.69 Å². The van der Waals surface area contributed by atoms with Gasteiger partial charge in [-0.1, -0.05) is 68.9 Å². The lowest BCUT2D eigenvalue weighted by Gasteiger charge is -2.10. The summed E-state index contributed by atoms with van der Waals surface area (Å²) in [5.74, 6) is -0.0474. The normalized spacial score (nSPS) is 11.7. The third-order valence-corrected chi connectivity index (χ3v) is 7.07. The molecule has 0 aliphatic carbocycles. The molecule has 1 heterocycles. The largest absolute Gasteiger partial charge is 0.223 e. The molecule has 0 unspecified atom stereocenters. The van der Waals surface area contributed by atoms with Crippen LogP contribution in [0, 0.1) is 0 Å². The van der Waals surface area contributed by atoms with Gasteiger partial charge in [0.15, 0.2) is 9.84 Å². The Balaban J connectivity index is 1.69. The highest BCUT2D eigenvalue weighted by Gasteiger charge is 2.19. The zero-order valence-electron chi connectivity index (χ0n) is 13.5. The van der Waals surface area contributed by atoms with Crippen LogP contribution in [0.15, 0.2) is 75.4 Å². The van der Waals surface area contributed by atoms with Crippen LogP contribution >= 0.6 is 27.5 Å². The van der Waals surface area contributed by atoms with Crippen molar-refractivity contribution in [3.05, 3.63) is 76.1 Å². The van der Waals surface area contributed by atoms with Crippen LogP contribution in [0.2, 0.25) is 0 Å². The lowest BCUT2D eigenvalue weighted by Crippen LogP contribution is -2.06. The first-order valence-corrected chi connectivity index (χ1v) is 11.1. The molecular formula is C19H13BrN2O2S2. The summed E-state index contributed by atoms with van der Waals surface area (Å²) < 4.78 is 30.7. The van der Waals surface area contributed by atoms with Gasteiger partial charge in [-0.3, -0.25) is 0 Å². The van der Waals surface area contributed by atoms with E-state index < -0.39 is 9.84 Å². The van der Waals surface area contributed by atoms with Crippen LogP contribution in [0.5, 0.6) is 0 Å². The van der Waals surface area contributed by atoms with E-state index in [9.17, 15) is 8.42 Å². The van der Waals surface area contributed by atoms with Gasteiger partial charge < -0.3 is 0 Å².